The van der Waals surface area contributed by atoms with E-state index in [-0.39, 0.29) is 21.8 Å². The molecular formula is C12H7ClFNO2. The second kappa shape index (κ2) is 4.51. The van der Waals surface area contributed by atoms with E-state index in [1.807, 2.05) is 0 Å². The van der Waals surface area contributed by atoms with Crippen LogP contribution in [0.5, 0.6) is 0 Å². The second-order valence-corrected chi connectivity index (χ2v) is 3.67. The molecule has 0 amide bonds. The smallest absolute Gasteiger partial charge is 0.336 e. The third kappa shape index (κ3) is 2.12. The van der Waals surface area contributed by atoms with Gasteiger partial charge in [0.05, 0.1) is 5.56 Å². The number of carboxylic acids is 1. The topological polar surface area (TPSA) is 50.2 Å². The van der Waals surface area contributed by atoms with E-state index in [2.05, 4.69) is 4.98 Å². The minimum absolute atomic E-state index is 0.0324. The summed E-state index contributed by atoms with van der Waals surface area (Å²) in [4.78, 5) is 14.8. The fourth-order valence-electron chi connectivity index (χ4n) is 1.53. The van der Waals surface area contributed by atoms with Crippen LogP contribution in [0.2, 0.25) is 5.15 Å². The Balaban J connectivity index is 2.75. The van der Waals surface area contributed by atoms with Crippen molar-refractivity contribution < 1.29 is 14.3 Å². The zero-order valence-electron chi connectivity index (χ0n) is 8.52. The number of halogens is 2. The summed E-state index contributed by atoms with van der Waals surface area (Å²) >= 11 is 5.84. The maximum Gasteiger partial charge on any atom is 0.336 e. The van der Waals surface area contributed by atoms with Gasteiger partial charge in [-0.05, 0) is 12.1 Å². The highest BCUT2D eigenvalue weighted by Gasteiger charge is 2.18. The lowest BCUT2D eigenvalue weighted by Gasteiger charge is -2.08. The summed E-state index contributed by atoms with van der Waals surface area (Å²) in [7, 11) is 0. The lowest BCUT2D eigenvalue weighted by molar-refractivity contribution is 0.0697. The Morgan fingerprint density at radius 2 is 2.00 bits per heavy atom. The van der Waals surface area contributed by atoms with Crippen LogP contribution in [0.3, 0.4) is 0 Å². The molecule has 0 saturated heterocycles. The molecule has 0 bridgehead atoms. The van der Waals surface area contributed by atoms with Gasteiger partial charge in [-0.2, -0.15) is 0 Å². The van der Waals surface area contributed by atoms with Crippen molar-refractivity contribution in [3.05, 3.63) is 53.1 Å². The van der Waals surface area contributed by atoms with Crippen molar-refractivity contribution in [1.29, 1.82) is 0 Å². The molecule has 1 heterocycles. The minimum Gasteiger partial charge on any atom is -0.478 e. The van der Waals surface area contributed by atoms with Gasteiger partial charge in [0.15, 0.2) is 0 Å². The van der Waals surface area contributed by atoms with Gasteiger partial charge in [0.2, 0.25) is 0 Å². The number of hydrogen-bond donors (Lipinski definition) is 1. The SMILES string of the molecule is O=C(O)c1ccnc(Cl)c1-c1ccccc1F. The van der Waals surface area contributed by atoms with Gasteiger partial charge in [0, 0.05) is 17.3 Å². The molecule has 0 unspecified atom stereocenters. The van der Waals surface area contributed by atoms with E-state index in [4.69, 9.17) is 16.7 Å². The summed E-state index contributed by atoms with van der Waals surface area (Å²) in [5, 5.41) is 9.00. The first-order valence-corrected chi connectivity index (χ1v) is 5.11. The molecule has 5 heteroatoms. The first kappa shape index (κ1) is 11.5. The van der Waals surface area contributed by atoms with Crippen LogP contribution in [0.15, 0.2) is 36.5 Å². The first-order valence-electron chi connectivity index (χ1n) is 4.74. The highest BCUT2D eigenvalue weighted by atomic mass is 35.5. The van der Waals surface area contributed by atoms with Crippen LogP contribution in [0.1, 0.15) is 10.4 Å². The molecule has 0 aliphatic rings. The Hall–Kier alpha value is -1.94. The summed E-state index contributed by atoms with van der Waals surface area (Å²) < 4.78 is 13.6. The van der Waals surface area contributed by atoms with E-state index in [1.54, 1.807) is 6.07 Å². The fourth-order valence-corrected chi connectivity index (χ4v) is 1.79. The number of carbonyl (C=O) groups is 1. The third-order valence-corrected chi connectivity index (χ3v) is 2.56. The molecule has 0 spiro atoms. The Kier molecular flexibility index (Phi) is 3.06. The Morgan fingerprint density at radius 1 is 1.29 bits per heavy atom. The summed E-state index contributed by atoms with van der Waals surface area (Å²) in [5.41, 5.74) is 0.151. The minimum atomic E-state index is -1.17. The van der Waals surface area contributed by atoms with Crippen LogP contribution in [-0.4, -0.2) is 16.1 Å². The summed E-state index contributed by atoms with van der Waals surface area (Å²) in [6.07, 6.45) is 1.27. The van der Waals surface area contributed by atoms with Crippen molar-refractivity contribution in [3.8, 4) is 11.1 Å². The number of aromatic carboxylic acids is 1. The van der Waals surface area contributed by atoms with Crippen molar-refractivity contribution in [2.45, 2.75) is 0 Å². The van der Waals surface area contributed by atoms with Gasteiger partial charge in [-0.3, -0.25) is 0 Å². The molecular weight excluding hydrogens is 245 g/mol. The van der Waals surface area contributed by atoms with Gasteiger partial charge in [0.1, 0.15) is 11.0 Å². The van der Waals surface area contributed by atoms with Gasteiger partial charge >= 0.3 is 5.97 Å². The monoisotopic (exact) mass is 251 g/mol. The van der Waals surface area contributed by atoms with E-state index in [0.29, 0.717) is 0 Å². The number of hydrogen-bond acceptors (Lipinski definition) is 2. The molecule has 3 nitrogen and oxygen atoms in total. The van der Waals surface area contributed by atoms with Gasteiger partial charge in [-0.15, -0.1) is 0 Å². The number of rotatable bonds is 2. The standard InChI is InChI=1S/C12H7ClFNO2/c13-11-10(7-3-1-2-4-9(7)14)8(12(16)17)5-6-15-11/h1-6H,(H,16,17). The predicted octanol–water partition coefficient (Wildman–Crippen LogP) is 3.24. The molecule has 2 aromatic rings. The van der Waals surface area contributed by atoms with Crippen molar-refractivity contribution >= 4 is 17.6 Å². The second-order valence-electron chi connectivity index (χ2n) is 3.31. The predicted molar refractivity (Wildman–Crippen MR) is 61.6 cm³/mol. The Labute approximate surface area is 101 Å². The van der Waals surface area contributed by atoms with Crippen LogP contribution >= 0.6 is 11.6 Å². The quantitative estimate of drug-likeness (QED) is 0.834. The highest BCUT2D eigenvalue weighted by Crippen LogP contribution is 2.31. The highest BCUT2D eigenvalue weighted by molar-refractivity contribution is 6.33. The molecule has 0 fully saturated rings. The Morgan fingerprint density at radius 3 is 2.65 bits per heavy atom. The molecule has 0 aliphatic heterocycles. The molecule has 0 aliphatic carbocycles. The lowest BCUT2D eigenvalue weighted by Crippen LogP contribution is -2.02. The molecule has 0 atom stereocenters. The summed E-state index contributed by atoms with van der Waals surface area (Å²) in [6.45, 7) is 0. The van der Waals surface area contributed by atoms with Crippen molar-refractivity contribution in [3.63, 3.8) is 0 Å². The fraction of sp³-hybridized carbons (Fsp3) is 0. The number of aromatic nitrogens is 1. The van der Waals surface area contributed by atoms with Crippen molar-refractivity contribution in [2.75, 3.05) is 0 Å². The van der Waals surface area contributed by atoms with Crippen LogP contribution in [-0.2, 0) is 0 Å². The Bertz CT molecular complexity index is 586. The first-order chi connectivity index (χ1) is 8.11. The van der Waals surface area contributed by atoms with Crippen molar-refractivity contribution in [1.82, 2.24) is 4.98 Å². The van der Waals surface area contributed by atoms with Gasteiger partial charge < -0.3 is 5.11 Å². The van der Waals surface area contributed by atoms with Crippen LogP contribution in [0.25, 0.3) is 11.1 Å². The third-order valence-electron chi connectivity index (χ3n) is 2.28. The largest absolute Gasteiger partial charge is 0.478 e. The van der Waals surface area contributed by atoms with Crippen LogP contribution < -0.4 is 0 Å². The van der Waals surface area contributed by atoms with Gasteiger partial charge in [-0.1, -0.05) is 29.8 Å². The molecule has 17 heavy (non-hydrogen) atoms. The van der Waals surface area contributed by atoms with E-state index < -0.39 is 11.8 Å². The number of pyridine rings is 1. The lowest BCUT2D eigenvalue weighted by atomic mass is 10.0. The molecule has 1 aromatic heterocycles. The normalized spacial score (nSPS) is 10.2. The molecule has 1 N–H and O–H groups in total. The van der Waals surface area contributed by atoms with E-state index in [1.165, 1.54) is 30.5 Å². The van der Waals surface area contributed by atoms with Crippen molar-refractivity contribution in [2.24, 2.45) is 0 Å². The van der Waals surface area contributed by atoms with E-state index in [0.717, 1.165) is 0 Å². The van der Waals surface area contributed by atoms with E-state index in [9.17, 15) is 9.18 Å². The molecule has 86 valence electrons. The molecule has 1 aromatic carbocycles. The average molecular weight is 252 g/mol. The zero-order valence-corrected chi connectivity index (χ0v) is 9.28. The summed E-state index contributed by atoms with van der Waals surface area (Å²) in [5.74, 6) is -1.71. The van der Waals surface area contributed by atoms with Crippen LogP contribution in [0, 0.1) is 5.82 Å². The maximum atomic E-state index is 13.6. The molecule has 0 radical (unpaired) electrons. The molecule has 0 saturated carbocycles. The zero-order chi connectivity index (χ0) is 12.4. The van der Waals surface area contributed by atoms with E-state index >= 15 is 0 Å². The van der Waals surface area contributed by atoms with Crippen LogP contribution in [0.4, 0.5) is 4.39 Å². The number of carboxylic acid groups (broad SMARTS) is 1. The summed E-state index contributed by atoms with van der Waals surface area (Å²) in [6, 6.07) is 7.11. The van der Waals surface area contributed by atoms with Gasteiger partial charge in [-0.25, -0.2) is 14.2 Å². The average Bonchev–Trinajstić information content (AvgIpc) is 2.30. The van der Waals surface area contributed by atoms with Gasteiger partial charge in [0.25, 0.3) is 0 Å². The maximum absolute atomic E-state index is 13.6. The number of benzene rings is 1. The number of nitrogens with zero attached hydrogens (tertiary/aromatic N) is 1. The molecule has 2 rings (SSSR count).